The summed E-state index contributed by atoms with van der Waals surface area (Å²) in [5.41, 5.74) is 2.25. The van der Waals surface area contributed by atoms with Crippen LogP contribution < -0.4 is 16.2 Å². The van der Waals surface area contributed by atoms with E-state index in [9.17, 15) is 0 Å². The second kappa shape index (κ2) is 7.42. The first-order chi connectivity index (χ1) is 12.4. The zero-order chi connectivity index (χ0) is 16.9. The fourth-order valence-corrected chi connectivity index (χ4v) is 5.05. The molecule has 3 nitrogen and oxygen atoms in total. The Hall–Kier alpha value is -2.77. The highest BCUT2D eigenvalue weighted by Crippen LogP contribution is 2.31. The minimum Gasteiger partial charge on any atom is -0.241 e. The number of benzene rings is 3. The second-order valence-corrected chi connectivity index (χ2v) is 7.81. The van der Waals surface area contributed by atoms with Gasteiger partial charge in [-0.05, 0) is 16.2 Å². The van der Waals surface area contributed by atoms with E-state index >= 15 is 0 Å². The third kappa shape index (κ3) is 3.52. The Morgan fingerprint density at radius 1 is 0.680 bits per heavy atom. The first-order valence-corrected chi connectivity index (χ1v) is 9.58. The van der Waals surface area contributed by atoms with E-state index in [1.54, 1.807) is 6.33 Å². The zero-order valence-corrected chi connectivity index (χ0v) is 14.6. The number of rotatable bonds is 5. The summed E-state index contributed by atoms with van der Waals surface area (Å²) in [6, 6.07) is 31.6. The Labute approximate surface area is 148 Å². The van der Waals surface area contributed by atoms with Gasteiger partial charge in [0.25, 0.3) is 0 Å². The number of hydrogen-bond donors (Lipinski definition) is 0. The number of aromatic nitrogens is 3. The van der Waals surface area contributed by atoms with Crippen LogP contribution in [-0.2, 0) is 6.54 Å². The first kappa shape index (κ1) is 15.7. The topological polar surface area (TPSA) is 30.7 Å². The smallest absolute Gasteiger partial charge is 0.158 e. The van der Waals surface area contributed by atoms with E-state index in [1.165, 1.54) is 16.2 Å². The highest BCUT2D eigenvalue weighted by Gasteiger charge is 2.21. The molecule has 122 valence electrons. The van der Waals surface area contributed by atoms with Crippen molar-refractivity contribution in [1.29, 1.82) is 0 Å². The monoisotopic (exact) mass is 343 g/mol. The third-order valence-corrected chi connectivity index (χ3v) is 6.37. The van der Waals surface area contributed by atoms with Crippen LogP contribution in [0.1, 0.15) is 5.56 Å². The summed E-state index contributed by atoms with van der Waals surface area (Å²) in [5, 5.41) is 7.07. The standard InChI is InChI=1S/C21H18N3P/c1-4-10-18(11-5-1)16-24-21(22-17-23-24)25(19-12-6-2-7-13-19)20-14-8-3-9-15-20/h1-15,17H,16H2. The molecular weight excluding hydrogens is 325 g/mol. The van der Waals surface area contributed by atoms with Crippen molar-refractivity contribution >= 4 is 24.1 Å². The first-order valence-electron chi connectivity index (χ1n) is 8.24. The van der Waals surface area contributed by atoms with Crippen LogP contribution in [-0.4, -0.2) is 14.8 Å². The Bertz CT molecular complexity index is 882. The Kier molecular flexibility index (Phi) is 4.67. The summed E-state index contributed by atoms with van der Waals surface area (Å²) in [5.74, 6) is 0. The van der Waals surface area contributed by atoms with Crippen LogP contribution >= 0.6 is 7.92 Å². The van der Waals surface area contributed by atoms with Crippen molar-refractivity contribution in [2.45, 2.75) is 6.54 Å². The zero-order valence-electron chi connectivity index (χ0n) is 13.7. The van der Waals surface area contributed by atoms with Crippen molar-refractivity contribution in [1.82, 2.24) is 14.8 Å². The van der Waals surface area contributed by atoms with Gasteiger partial charge < -0.3 is 0 Å². The van der Waals surface area contributed by atoms with Crippen molar-refractivity contribution < 1.29 is 0 Å². The molecule has 0 bridgehead atoms. The van der Waals surface area contributed by atoms with Crippen molar-refractivity contribution in [2.75, 3.05) is 0 Å². The van der Waals surface area contributed by atoms with Crippen molar-refractivity contribution in [2.24, 2.45) is 0 Å². The quantitative estimate of drug-likeness (QED) is 0.522. The SMILES string of the molecule is c1ccc(Cn2ncnc2P(c2ccccc2)c2ccccc2)cc1. The van der Waals surface area contributed by atoms with Gasteiger partial charge in [0.15, 0.2) is 5.57 Å². The van der Waals surface area contributed by atoms with Crippen LogP contribution in [0.2, 0.25) is 0 Å². The molecule has 0 fully saturated rings. The Balaban J connectivity index is 1.78. The lowest BCUT2D eigenvalue weighted by molar-refractivity contribution is 0.705. The molecule has 0 aliphatic heterocycles. The fraction of sp³-hybridized carbons (Fsp3) is 0.0476. The highest BCUT2D eigenvalue weighted by molar-refractivity contribution is 7.79. The summed E-state index contributed by atoms with van der Waals surface area (Å²) in [6.45, 7) is 0.731. The summed E-state index contributed by atoms with van der Waals surface area (Å²) in [6.07, 6.45) is 1.67. The van der Waals surface area contributed by atoms with Gasteiger partial charge in [-0.25, -0.2) is 9.67 Å². The van der Waals surface area contributed by atoms with E-state index in [2.05, 4.69) is 95.0 Å². The summed E-state index contributed by atoms with van der Waals surface area (Å²) >= 11 is 0. The van der Waals surface area contributed by atoms with E-state index in [0.717, 1.165) is 12.1 Å². The molecule has 1 heterocycles. The lowest BCUT2D eigenvalue weighted by atomic mass is 10.2. The van der Waals surface area contributed by atoms with Crippen molar-refractivity contribution in [3.05, 3.63) is 103 Å². The van der Waals surface area contributed by atoms with Gasteiger partial charge in [0.1, 0.15) is 6.33 Å². The maximum Gasteiger partial charge on any atom is 0.158 e. The molecular formula is C21H18N3P. The van der Waals surface area contributed by atoms with E-state index in [1.807, 2.05) is 10.7 Å². The molecule has 25 heavy (non-hydrogen) atoms. The average Bonchev–Trinajstić information content (AvgIpc) is 3.12. The number of hydrogen-bond acceptors (Lipinski definition) is 2. The van der Waals surface area contributed by atoms with Gasteiger partial charge in [-0.2, -0.15) is 5.10 Å². The van der Waals surface area contributed by atoms with E-state index < -0.39 is 7.92 Å². The summed E-state index contributed by atoms with van der Waals surface area (Å²) < 4.78 is 2.03. The van der Waals surface area contributed by atoms with Gasteiger partial charge >= 0.3 is 0 Å². The molecule has 4 heteroatoms. The molecule has 0 saturated carbocycles. The molecule has 0 amide bonds. The predicted octanol–water partition coefficient (Wildman–Crippen LogP) is 3.08. The number of nitrogens with zero attached hydrogens (tertiary/aromatic N) is 3. The van der Waals surface area contributed by atoms with Crippen LogP contribution in [0, 0.1) is 0 Å². The molecule has 0 unspecified atom stereocenters. The lowest BCUT2D eigenvalue weighted by Gasteiger charge is -2.18. The maximum absolute atomic E-state index is 4.65. The van der Waals surface area contributed by atoms with Gasteiger partial charge in [0, 0.05) is 7.92 Å². The van der Waals surface area contributed by atoms with E-state index in [0.29, 0.717) is 0 Å². The fourth-order valence-electron chi connectivity index (χ4n) is 2.83. The molecule has 0 atom stereocenters. The minimum atomic E-state index is -0.737. The van der Waals surface area contributed by atoms with E-state index in [-0.39, 0.29) is 0 Å². The van der Waals surface area contributed by atoms with Crippen LogP contribution in [0.4, 0.5) is 0 Å². The normalized spacial score (nSPS) is 10.9. The Morgan fingerprint density at radius 3 is 1.76 bits per heavy atom. The van der Waals surface area contributed by atoms with E-state index in [4.69, 9.17) is 0 Å². The van der Waals surface area contributed by atoms with Gasteiger partial charge in [0.05, 0.1) is 6.54 Å². The average molecular weight is 343 g/mol. The van der Waals surface area contributed by atoms with Crippen molar-refractivity contribution in [3.63, 3.8) is 0 Å². The molecule has 4 rings (SSSR count). The molecule has 3 aromatic carbocycles. The summed E-state index contributed by atoms with van der Waals surface area (Å²) in [4.78, 5) is 4.65. The van der Waals surface area contributed by atoms with Crippen LogP contribution in [0.3, 0.4) is 0 Å². The van der Waals surface area contributed by atoms with Crippen molar-refractivity contribution in [3.8, 4) is 0 Å². The molecule has 0 spiro atoms. The molecule has 0 N–H and O–H groups in total. The maximum atomic E-state index is 4.65. The van der Waals surface area contributed by atoms with Gasteiger partial charge in [-0.1, -0.05) is 91.0 Å². The Morgan fingerprint density at radius 2 is 1.20 bits per heavy atom. The molecule has 4 aromatic rings. The van der Waals surface area contributed by atoms with Crippen LogP contribution in [0.15, 0.2) is 97.3 Å². The second-order valence-electron chi connectivity index (χ2n) is 5.71. The van der Waals surface area contributed by atoms with Gasteiger partial charge in [-0.3, -0.25) is 0 Å². The predicted molar refractivity (Wildman–Crippen MR) is 104 cm³/mol. The van der Waals surface area contributed by atoms with Gasteiger partial charge in [0.2, 0.25) is 0 Å². The molecule has 0 aliphatic rings. The molecule has 0 saturated heterocycles. The van der Waals surface area contributed by atoms with Crippen LogP contribution in [0.25, 0.3) is 0 Å². The minimum absolute atomic E-state index is 0.731. The highest BCUT2D eigenvalue weighted by atomic mass is 31.1. The van der Waals surface area contributed by atoms with Crippen LogP contribution in [0.5, 0.6) is 0 Å². The van der Waals surface area contributed by atoms with Gasteiger partial charge in [-0.15, -0.1) is 0 Å². The lowest BCUT2D eigenvalue weighted by Crippen LogP contribution is -2.28. The molecule has 1 aromatic heterocycles. The molecule has 0 radical (unpaired) electrons. The third-order valence-electron chi connectivity index (χ3n) is 4.00. The summed E-state index contributed by atoms with van der Waals surface area (Å²) in [7, 11) is -0.737. The largest absolute Gasteiger partial charge is 0.241 e. The molecule has 0 aliphatic carbocycles.